The molecule has 2 nitrogen and oxygen atoms in total. The summed E-state index contributed by atoms with van der Waals surface area (Å²) in [6.07, 6.45) is 0. The van der Waals surface area contributed by atoms with E-state index in [1.807, 2.05) is 6.92 Å². The van der Waals surface area contributed by atoms with E-state index in [4.69, 9.17) is 23.2 Å². The molecule has 0 aliphatic heterocycles. The van der Waals surface area contributed by atoms with Crippen LogP contribution in [0.25, 0.3) is 0 Å². The minimum Gasteiger partial charge on any atom is -0.364 e. The lowest BCUT2D eigenvalue weighted by Crippen LogP contribution is -2.29. The monoisotopic (exact) mass is 331 g/mol. The minimum atomic E-state index is -0.329. The first-order chi connectivity index (χ1) is 9.51. The zero-order valence-electron chi connectivity index (χ0n) is 10.7. The van der Waals surface area contributed by atoms with E-state index >= 15 is 0 Å². The number of Topliss-reactive ketones (excluding diaryl/α,β-unsaturated/α-hetero) is 1. The number of ketones is 1. The molecule has 2 aromatic rings. The van der Waals surface area contributed by atoms with Crippen LogP contribution in [0.1, 0.15) is 17.3 Å². The quantitative estimate of drug-likeness (QED) is 0.726. The van der Waals surface area contributed by atoms with Crippen LogP contribution in [0.3, 0.4) is 0 Å². The van der Waals surface area contributed by atoms with Crippen molar-refractivity contribution in [1.29, 1.82) is 0 Å². The molecule has 0 amide bonds. The van der Waals surface area contributed by atoms with Gasteiger partial charge < -0.3 is 4.90 Å². The Morgan fingerprint density at radius 3 is 2.65 bits per heavy atom. The van der Waals surface area contributed by atoms with Crippen LogP contribution in [0.4, 0.5) is 10.1 Å². The molecule has 6 heteroatoms. The molecule has 0 radical (unpaired) electrons. The number of thiophene rings is 1. The molecule has 0 unspecified atom stereocenters. The van der Waals surface area contributed by atoms with Crippen LogP contribution in [0.5, 0.6) is 0 Å². The van der Waals surface area contributed by atoms with Crippen LogP contribution in [-0.4, -0.2) is 18.9 Å². The van der Waals surface area contributed by atoms with Gasteiger partial charge >= 0.3 is 0 Å². The molecule has 0 aliphatic rings. The van der Waals surface area contributed by atoms with Crippen LogP contribution in [0, 0.1) is 5.82 Å². The van der Waals surface area contributed by atoms with Crippen molar-refractivity contribution < 1.29 is 9.18 Å². The van der Waals surface area contributed by atoms with E-state index in [0.717, 1.165) is 11.3 Å². The summed E-state index contributed by atoms with van der Waals surface area (Å²) in [5, 5.41) is 0. The van der Waals surface area contributed by atoms with E-state index in [9.17, 15) is 9.18 Å². The first-order valence-corrected chi connectivity index (χ1v) is 7.57. The molecule has 106 valence electrons. The first kappa shape index (κ1) is 15.3. The van der Waals surface area contributed by atoms with Crippen LogP contribution < -0.4 is 4.90 Å². The maximum atomic E-state index is 13.2. The van der Waals surface area contributed by atoms with Crippen LogP contribution in [0.2, 0.25) is 8.67 Å². The molecule has 0 saturated heterocycles. The number of hydrogen-bond donors (Lipinski definition) is 0. The highest BCUT2D eigenvalue weighted by Gasteiger charge is 2.17. The van der Waals surface area contributed by atoms with Crippen LogP contribution in [-0.2, 0) is 0 Å². The van der Waals surface area contributed by atoms with Gasteiger partial charge in [0.05, 0.1) is 16.4 Å². The fourth-order valence-electron chi connectivity index (χ4n) is 1.85. The summed E-state index contributed by atoms with van der Waals surface area (Å²) < 4.78 is 14.1. The van der Waals surface area contributed by atoms with Crippen molar-refractivity contribution in [3.05, 3.63) is 50.4 Å². The molecule has 0 spiro atoms. The topological polar surface area (TPSA) is 20.3 Å². The average molecular weight is 332 g/mol. The van der Waals surface area contributed by atoms with Crippen molar-refractivity contribution >= 4 is 46.0 Å². The molecule has 20 heavy (non-hydrogen) atoms. The standard InChI is InChI=1S/C14H12Cl2FNOS/c1-2-18(10-5-3-4-9(17)6-10)8-12(19)11-7-13(15)20-14(11)16/h3-7H,2,8H2,1H3. The van der Waals surface area contributed by atoms with Crippen molar-refractivity contribution in [3.63, 3.8) is 0 Å². The number of hydrogen-bond acceptors (Lipinski definition) is 3. The molecule has 1 aromatic heterocycles. The highest BCUT2D eigenvalue weighted by atomic mass is 35.5. The Morgan fingerprint density at radius 1 is 1.35 bits per heavy atom. The summed E-state index contributed by atoms with van der Waals surface area (Å²) in [7, 11) is 0. The van der Waals surface area contributed by atoms with Gasteiger partial charge in [0, 0.05) is 12.2 Å². The van der Waals surface area contributed by atoms with Gasteiger partial charge in [0.25, 0.3) is 0 Å². The van der Waals surface area contributed by atoms with E-state index in [1.165, 1.54) is 12.1 Å². The molecular weight excluding hydrogens is 320 g/mol. The van der Waals surface area contributed by atoms with Gasteiger partial charge in [-0.05, 0) is 31.2 Å². The molecule has 1 aromatic carbocycles. The highest BCUT2D eigenvalue weighted by molar-refractivity contribution is 7.20. The zero-order valence-corrected chi connectivity index (χ0v) is 13.0. The Bertz CT molecular complexity index is 629. The molecule has 0 aliphatic carbocycles. The third kappa shape index (κ3) is 3.51. The SMILES string of the molecule is CCN(CC(=O)c1cc(Cl)sc1Cl)c1cccc(F)c1. The molecule has 1 heterocycles. The number of halogens is 3. The van der Waals surface area contributed by atoms with Crippen molar-refractivity contribution in [2.75, 3.05) is 18.0 Å². The third-order valence-corrected chi connectivity index (χ3v) is 4.33. The van der Waals surface area contributed by atoms with Gasteiger partial charge in [-0.1, -0.05) is 29.3 Å². The molecule has 0 atom stereocenters. The second kappa shape index (κ2) is 6.57. The summed E-state index contributed by atoms with van der Waals surface area (Å²) in [5.41, 5.74) is 1.08. The average Bonchev–Trinajstić information content (AvgIpc) is 2.75. The van der Waals surface area contributed by atoms with Crippen molar-refractivity contribution in [3.8, 4) is 0 Å². The summed E-state index contributed by atoms with van der Waals surface area (Å²) in [5.74, 6) is -0.464. The Morgan fingerprint density at radius 2 is 2.10 bits per heavy atom. The Labute approximate surface area is 130 Å². The second-order valence-corrected chi connectivity index (χ2v) is 6.44. The summed E-state index contributed by atoms with van der Waals surface area (Å²) in [4.78, 5) is 14.0. The molecule has 0 N–H and O–H groups in total. The van der Waals surface area contributed by atoms with Gasteiger partial charge in [-0.15, -0.1) is 11.3 Å². The van der Waals surface area contributed by atoms with Gasteiger partial charge in [0.2, 0.25) is 0 Å². The lowest BCUT2D eigenvalue weighted by atomic mass is 10.2. The number of carbonyl (C=O) groups is 1. The fourth-order valence-corrected chi connectivity index (χ4v) is 3.35. The number of nitrogens with zero attached hydrogens (tertiary/aromatic N) is 1. The largest absolute Gasteiger partial charge is 0.364 e. The molecular formula is C14H12Cl2FNOS. The van der Waals surface area contributed by atoms with E-state index in [-0.39, 0.29) is 18.1 Å². The van der Waals surface area contributed by atoms with Crippen LogP contribution in [0.15, 0.2) is 30.3 Å². The second-order valence-electron chi connectivity index (χ2n) is 4.16. The van der Waals surface area contributed by atoms with Gasteiger partial charge in [0.15, 0.2) is 5.78 Å². The van der Waals surface area contributed by atoms with Gasteiger partial charge in [-0.25, -0.2) is 4.39 Å². The number of anilines is 1. The Balaban J connectivity index is 2.18. The highest BCUT2D eigenvalue weighted by Crippen LogP contribution is 2.31. The predicted octanol–water partition coefficient (Wildman–Crippen LogP) is 4.90. The van der Waals surface area contributed by atoms with E-state index in [0.29, 0.717) is 26.5 Å². The predicted molar refractivity (Wildman–Crippen MR) is 83.0 cm³/mol. The zero-order chi connectivity index (χ0) is 14.7. The van der Waals surface area contributed by atoms with Crippen molar-refractivity contribution in [2.45, 2.75) is 6.92 Å². The lowest BCUT2D eigenvalue weighted by molar-refractivity contribution is 0.1000. The number of carbonyl (C=O) groups excluding carboxylic acids is 1. The minimum absolute atomic E-state index is 0.132. The summed E-state index contributed by atoms with van der Waals surface area (Å²) >= 11 is 13.0. The Kier molecular flexibility index (Phi) is 5.02. The van der Waals surface area contributed by atoms with E-state index in [1.54, 1.807) is 23.1 Å². The number of likely N-dealkylation sites (N-methyl/N-ethyl adjacent to an activating group) is 1. The van der Waals surface area contributed by atoms with Gasteiger partial charge in [0.1, 0.15) is 10.2 Å². The van der Waals surface area contributed by atoms with Crippen molar-refractivity contribution in [1.82, 2.24) is 0 Å². The summed E-state index contributed by atoms with van der Waals surface area (Å²) in [6, 6.07) is 7.72. The molecule has 0 saturated carbocycles. The third-order valence-electron chi connectivity index (χ3n) is 2.85. The van der Waals surface area contributed by atoms with E-state index < -0.39 is 0 Å². The molecule has 0 bridgehead atoms. The maximum absolute atomic E-state index is 13.2. The van der Waals surface area contributed by atoms with Crippen LogP contribution >= 0.6 is 34.5 Å². The molecule has 2 rings (SSSR count). The van der Waals surface area contributed by atoms with Gasteiger partial charge in [-0.3, -0.25) is 4.79 Å². The van der Waals surface area contributed by atoms with Gasteiger partial charge in [-0.2, -0.15) is 0 Å². The summed E-state index contributed by atoms with van der Waals surface area (Å²) in [6.45, 7) is 2.62. The van der Waals surface area contributed by atoms with Crippen molar-refractivity contribution in [2.24, 2.45) is 0 Å². The maximum Gasteiger partial charge on any atom is 0.184 e. The number of rotatable bonds is 5. The lowest BCUT2D eigenvalue weighted by Gasteiger charge is -2.22. The normalized spacial score (nSPS) is 10.6. The molecule has 0 fully saturated rings. The fraction of sp³-hybridized carbons (Fsp3) is 0.214. The Hall–Kier alpha value is -1.10. The first-order valence-electron chi connectivity index (χ1n) is 5.99. The smallest absolute Gasteiger partial charge is 0.184 e. The van der Waals surface area contributed by atoms with E-state index in [2.05, 4.69) is 0 Å². The number of benzene rings is 1.